The Morgan fingerprint density at radius 3 is 2.36 bits per heavy atom. The van der Waals surface area contributed by atoms with Crippen LogP contribution < -0.4 is 0 Å². The molecule has 0 rings (SSSR count). The minimum atomic E-state index is -0.583. The first kappa shape index (κ1) is 10.1. The lowest BCUT2D eigenvalue weighted by molar-refractivity contribution is -0.139. The Morgan fingerprint density at radius 1 is 1.45 bits per heavy atom. The fourth-order valence-corrected chi connectivity index (χ4v) is 0.519. The molecule has 3 nitrogen and oxygen atoms in total. The molecule has 11 heavy (non-hydrogen) atoms. The summed E-state index contributed by atoms with van der Waals surface area (Å²) in [6, 6.07) is 0. The maximum atomic E-state index is 10.7. The second-order valence-electron chi connectivity index (χ2n) is 1.59. The lowest BCUT2D eigenvalue weighted by Crippen LogP contribution is -2.05. The van der Waals surface area contributed by atoms with Crippen molar-refractivity contribution in [3.05, 3.63) is 24.0 Å². The fraction of sp³-hybridized carbons (Fsp3) is 0.286. The van der Waals surface area contributed by atoms with Crippen molar-refractivity contribution in [2.75, 3.05) is 13.4 Å². The third-order valence-electron chi connectivity index (χ3n) is 0.878. The smallest absolute Gasteiger partial charge is 0.373 e. The third-order valence-corrected chi connectivity index (χ3v) is 1.42. The largest absolute Gasteiger partial charge is 0.463 e. The number of rotatable bonds is 4. The van der Waals surface area contributed by atoms with E-state index in [9.17, 15) is 4.79 Å². The summed E-state index contributed by atoms with van der Waals surface area (Å²) in [5.74, 6) is -0.632. The summed E-state index contributed by atoms with van der Waals surface area (Å²) >= 11 is 1.30. The summed E-state index contributed by atoms with van der Waals surface area (Å²) in [6.45, 7) is 6.84. The molecule has 0 aliphatic heterocycles. The molecule has 0 atom stereocenters. The van der Waals surface area contributed by atoms with Crippen molar-refractivity contribution in [2.45, 2.75) is 0 Å². The van der Waals surface area contributed by atoms with E-state index in [-0.39, 0.29) is 5.76 Å². The summed E-state index contributed by atoms with van der Waals surface area (Å²) in [4.78, 5) is 10.7. The van der Waals surface area contributed by atoms with Crippen LogP contribution in [0.1, 0.15) is 0 Å². The number of hydrogen-bond donors (Lipinski definition) is 0. The van der Waals surface area contributed by atoms with E-state index >= 15 is 0 Å². The molecule has 0 fully saturated rings. The molecular weight excluding hydrogens is 164 g/mol. The average molecular weight is 174 g/mol. The molecule has 0 unspecified atom stereocenters. The van der Waals surface area contributed by atoms with Gasteiger partial charge in [0.2, 0.25) is 5.76 Å². The van der Waals surface area contributed by atoms with Crippen LogP contribution in [0.25, 0.3) is 0 Å². The van der Waals surface area contributed by atoms with E-state index in [1.807, 2.05) is 0 Å². The summed E-state index contributed by atoms with van der Waals surface area (Å²) in [5.41, 5.74) is 0. The number of hydrogen-bond acceptors (Lipinski definition) is 4. The van der Waals surface area contributed by atoms with Gasteiger partial charge < -0.3 is 9.47 Å². The Balaban J connectivity index is 3.88. The van der Waals surface area contributed by atoms with Crippen molar-refractivity contribution in [2.24, 2.45) is 0 Å². The van der Waals surface area contributed by atoms with Crippen molar-refractivity contribution in [1.82, 2.24) is 0 Å². The fourth-order valence-electron chi connectivity index (χ4n) is 0.335. The SMILES string of the molecule is C=C(OC(=C)C(=O)OC)SC. The zero-order valence-corrected chi connectivity index (χ0v) is 7.36. The van der Waals surface area contributed by atoms with E-state index in [1.54, 1.807) is 6.26 Å². The zero-order valence-electron chi connectivity index (χ0n) is 6.55. The average Bonchev–Trinajstić information content (AvgIpc) is 2.02. The van der Waals surface area contributed by atoms with Crippen LogP contribution in [0.3, 0.4) is 0 Å². The predicted octanol–water partition coefficient (Wildman–Crippen LogP) is 1.52. The molecule has 0 N–H and O–H groups in total. The van der Waals surface area contributed by atoms with Gasteiger partial charge in [0.15, 0.2) is 5.09 Å². The van der Waals surface area contributed by atoms with Crippen LogP contribution in [0.15, 0.2) is 24.0 Å². The molecule has 0 saturated heterocycles. The van der Waals surface area contributed by atoms with E-state index < -0.39 is 5.97 Å². The number of esters is 1. The Labute approximate surface area is 70.1 Å². The lowest BCUT2D eigenvalue weighted by Gasteiger charge is -2.05. The van der Waals surface area contributed by atoms with Crippen LogP contribution in [-0.4, -0.2) is 19.3 Å². The van der Waals surface area contributed by atoms with Crippen molar-refractivity contribution in [1.29, 1.82) is 0 Å². The van der Waals surface area contributed by atoms with E-state index in [4.69, 9.17) is 4.74 Å². The molecule has 0 aromatic heterocycles. The normalized spacial score (nSPS) is 8.55. The van der Waals surface area contributed by atoms with E-state index in [1.165, 1.54) is 18.9 Å². The van der Waals surface area contributed by atoms with Crippen LogP contribution in [0.2, 0.25) is 0 Å². The van der Waals surface area contributed by atoms with Gasteiger partial charge in [0.1, 0.15) is 0 Å². The number of carbonyl (C=O) groups excluding carboxylic acids is 1. The molecule has 0 aliphatic carbocycles. The summed E-state index contributed by atoms with van der Waals surface area (Å²) in [6.07, 6.45) is 1.78. The van der Waals surface area contributed by atoms with Crippen molar-refractivity contribution >= 4 is 17.7 Å². The highest BCUT2D eigenvalue weighted by atomic mass is 32.2. The maximum absolute atomic E-state index is 10.7. The molecule has 0 aromatic carbocycles. The van der Waals surface area contributed by atoms with Gasteiger partial charge in [-0.1, -0.05) is 11.8 Å². The van der Waals surface area contributed by atoms with E-state index in [0.717, 1.165) is 0 Å². The number of thioether (sulfide) groups is 1. The number of methoxy groups -OCH3 is 1. The first-order valence-corrected chi connectivity index (χ1v) is 4.02. The number of ether oxygens (including phenoxy) is 2. The first-order valence-electron chi connectivity index (χ1n) is 2.79. The predicted molar refractivity (Wildman–Crippen MR) is 44.9 cm³/mol. The van der Waals surface area contributed by atoms with Crippen LogP contribution in [-0.2, 0) is 14.3 Å². The molecule has 0 aromatic rings. The van der Waals surface area contributed by atoms with Crippen LogP contribution in [0.5, 0.6) is 0 Å². The summed E-state index contributed by atoms with van der Waals surface area (Å²) < 4.78 is 9.20. The maximum Gasteiger partial charge on any atom is 0.373 e. The Hall–Kier alpha value is -0.900. The molecule has 0 heterocycles. The molecular formula is C7H10O3S. The van der Waals surface area contributed by atoms with Gasteiger partial charge in [-0.15, -0.1) is 0 Å². The van der Waals surface area contributed by atoms with Gasteiger partial charge >= 0.3 is 5.97 Å². The molecule has 62 valence electrons. The highest BCUT2D eigenvalue weighted by molar-refractivity contribution is 8.02. The van der Waals surface area contributed by atoms with Gasteiger partial charge in [0, 0.05) is 0 Å². The molecule has 4 heteroatoms. The van der Waals surface area contributed by atoms with Crippen molar-refractivity contribution < 1.29 is 14.3 Å². The molecule has 0 aliphatic rings. The van der Waals surface area contributed by atoms with Gasteiger partial charge in [0.25, 0.3) is 0 Å². The van der Waals surface area contributed by atoms with Crippen molar-refractivity contribution in [3.63, 3.8) is 0 Å². The Kier molecular flexibility index (Phi) is 4.45. The highest BCUT2D eigenvalue weighted by Gasteiger charge is 2.08. The van der Waals surface area contributed by atoms with Crippen LogP contribution >= 0.6 is 11.8 Å². The summed E-state index contributed by atoms with van der Waals surface area (Å²) in [5, 5.41) is 0.417. The monoisotopic (exact) mass is 174 g/mol. The van der Waals surface area contributed by atoms with Crippen molar-refractivity contribution in [3.8, 4) is 0 Å². The summed E-state index contributed by atoms with van der Waals surface area (Å²) in [7, 11) is 1.26. The second kappa shape index (κ2) is 4.85. The molecule has 0 saturated carbocycles. The Bertz CT molecular complexity index is 186. The molecule has 0 spiro atoms. The van der Waals surface area contributed by atoms with Gasteiger partial charge in [-0.05, 0) is 19.4 Å². The minimum absolute atomic E-state index is 0.0492. The van der Waals surface area contributed by atoms with Gasteiger partial charge in [-0.2, -0.15) is 0 Å². The lowest BCUT2D eigenvalue weighted by atomic mass is 10.6. The Morgan fingerprint density at radius 2 is 2.00 bits per heavy atom. The molecule has 0 radical (unpaired) electrons. The van der Waals surface area contributed by atoms with E-state index in [0.29, 0.717) is 5.09 Å². The molecule has 0 amide bonds. The zero-order chi connectivity index (χ0) is 8.85. The second-order valence-corrected chi connectivity index (χ2v) is 2.46. The van der Waals surface area contributed by atoms with Gasteiger partial charge in [-0.3, -0.25) is 0 Å². The van der Waals surface area contributed by atoms with Gasteiger partial charge in [0.05, 0.1) is 7.11 Å². The standard InChI is InChI=1S/C7H10O3S/c1-5(7(8)9-3)10-6(2)11-4/h1-2H2,3-4H3. The first-order chi connectivity index (χ1) is 5.11. The highest BCUT2D eigenvalue weighted by Crippen LogP contribution is 2.13. The minimum Gasteiger partial charge on any atom is -0.463 e. The number of carbonyl (C=O) groups is 1. The molecule has 0 bridgehead atoms. The quantitative estimate of drug-likeness (QED) is 0.368. The van der Waals surface area contributed by atoms with Crippen LogP contribution in [0.4, 0.5) is 0 Å². The topological polar surface area (TPSA) is 35.5 Å². The third kappa shape index (κ3) is 3.72. The van der Waals surface area contributed by atoms with Gasteiger partial charge in [-0.25, -0.2) is 4.79 Å². The van der Waals surface area contributed by atoms with Crippen LogP contribution in [0, 0.1) is 0 Å². The van der Waals surface area contributed by atoms with E-state index in [2.05, 4.69) is 17.9 Å².